The SMILES string of the molecule is C=CC(=O)OC.COC(=O)C(=CS[Si](C)(C)O[SiH3])CC=C(C)C(=O)O. The van der Waals surface area contributed by atoms with Gasteiger partial charge in [-0.1, -0.05) is 12.7 Å². The zero-order valence-electron chi connectivity index (χ0n) is 15.5. The van der Waals surface area contributed by atoms with E-state index < -0.39 is 25.4 Å². The molecule has 0 saturated heterocycles. The van der Waals surface area contributed by atoms with E-state index in [-0.39, 0.29) is 12.0 Å². The highest BCUT2D eigenvalue weighted by Gasteiger charge is 2.21. The number of aliphatic carboxylic acids is 1. The van der Waals surface area contributed by atoms with E-state index in [0.717, 1.165) is 6.08 Å². The predicted molar refractivity (Wildman–Crippen MR) is 104 cm³/mol. The maximum absolute atomic E-state index is 11.6. The van der Waals surface area contributed by atoms with Crippen LogP contribution in [-0.2, 0) is 28.0 Å². The van der Waals surface area contributed by atoms with Crippen molar-refractivity contribution in [3.05, 3.63) is 35.3 Å². The van der Waals surface area contributed by atoms with Crippen LogP contribution in [0.1, 0.15) is 13.3 Å². The first-order chi connectivity index (χ1) is 11.5. The van der Waals surface area contributed by atoms with Crippen molar-refractivity contribution in [3.8, 4) is 0 Å². The molecule has 0 atom stereocenters. The van der Waals surface area contributed by atoms with Gasteiger partial charge >= 0.3 is 17.9 Å². The normalized spacial score (nSPS) is 11.9. The fraction of sp³-hybridized carbons (Fsp3) is 0.400. The highest BCUT2D eigenvalue weighted by Crippen LogP contribution is 2.24. The van der Waals surface area contributed by atoms with Gasteiger partial charge in [-0.05, 0) is 31.8 Å². The number of hydrogen-bond donors (Lipinski definition) is 1. The standard InChI is InChI=1S/C11H20O5SSi2.C4H6O2/c1-8(10(12)13)5-6-9(11(14)15-2)7-17-19(3,4)16-18;1-3-4(5)6-2/h5,7H,6H2,1-4,18H3,(H,12,13);3H,1H2,2H3. The van der Waals surface area contributed by atoms with Gasteiger partial charge in [-0.25, -0.2) is 14.4 Å². The fourth-order valence-corrected chi connectivity index (χ4v) is 4.15. The molecular weight excluding hydrogens is 380 g/mol. The lowest BCUT2D eigenvalue weighted by Crippen LogP contribution is -2.24. The monoisotopic (exact) mass is 406 g/mol. The molecule has 142 valence electrons. The first-order valence-corrected chi connectivity index (χ1v) is 12.5. The van der Waals surface area contributed by atoms with Crippen LogP contribution in [0.25, 0.3) is 0 Å². The Bertz CT molecular complexity index is 542. The third-order valence-corrected chi connectivity index (χ3v) is 11.2. The van der Waals surface area contributed by atoms with Crippen LogP contribution in [0.3, 0.4) is 0 Å². The van der Waals surface area contributed by atoms with E-state index >= 15 is 0 Å². The summed E-state index contributed by atoms with van der Waals surface area (Å²) in [5.74, 6) is -1.83. The Hall–Kier alpha value is -1.63. The van der Waals surface area contributed by atoms with Gasteiger partial charge in [0.15, 0.2) is 0 Å². The maximum atomic E-state index is 11.6. The lowest BCUT2D eigenvalue weighted by atomic mass is 10.1. The van der Waals surface area contributed by atoms with Gasteiger partial charge in [0, 0.05) is 17.2 Å². The molecule has 0 aromatic carbocycles. The van der Waals surface area contributed by atoms with Crippen LogP contribution >= 0.6 is 11.2 Å². The Morgan fingerprint density at radius 1 is 1.24 bits per heavy atom. The third kappa shape index (κ3) is 13.4. The minimum atomic E-state index is -1.82. The molecule has 0 amide bonds. The molecule has 25 heavy (non-hydrogen) atoms. The second-order valence-corrected chi connectivity index (χ2v) is 13.5. The molecule has 7 nitrogen and oxygen atoms in total. The highest BCUT2D eigenvalue weighted by molar-refractivity contribution is 8.30. The van der Waals surface area contributed by atoms with E-state index in [0.29, 0.717) is 16.1 Å². The van der Waals surface area contributed by atoms with Gasteiger partial charge in [0.1, 0.15) is 10.5 Å². The molecule has 0 spiro atoms. The Balaban J connectivity index is 0. The zero-order chi connectivity index (χ0) is 20.0. The number of carboxylic acid groups (broad SMARTS) is 1. The van der Waals surface area contributed by atoms with Crippen LogP contribution in [0.4, 0.5) is 0 Å². The van der Waals surface area contributed by atoms with Gasteiger partial charge in [0.05, 0.1) is 14.2 Å². The molecule has 0 aliphatic carbocycles. The maximum Gasteiger partial charge on any atom is 0.334 e. The van der Waals surface area contributed by atoms with Crippen molar-refractivity contribution in [2.24, 2.45) is 0 Å². The molecule has 0 aromatic heterocycles. The van der Waals surface area contributed by atoms with E-state index in [1.165, 1.54) is 38.4 Å². The molecule has 10 heteroatoms. The molecule has 0 saturated carbocycles. The second-order valence-electron chi connectivity index (χ2n) is 4.98. The molecule has 0 rings (SSSR count). The largest absolute Gasteiger partial charge is 0.478 e. The third-order valence-electron chi connectivity index (χ3n) is 2.76. The van der Waals surface area contributed by atoms with Crippen molar-refractivity contribution < 1.29 is 33.1 Å². The van der Waals surface area contributed by atoms with Gasteiger partial charge in [0.25, 0.3) is 0 Å². The Morgan fingerprint density at radius 2 is 1.80 bits per heavy atom. The van der Waals surface area contributed by atoms with Crippen molar-refractivity contribution in [2.75, 3.05) is 14.2 Å². The molecule has 0 aliphatic rings. The number of esters is 2. The van der Waals surface area contributed by atoms with E-state index in [4.69, 9.17) is 14.0 Å². The molecule has 0 radical (unpaired) electrons. The zero-order valence-corrected chi connectivity index (χ0v) is 19.3. The number of carboxylic acids is 1. The minimum absolute atomic E-state index is 0.204. The molecule has 1 N–H and O–H groups in total. The summed E-state index contributed by atoms with van der Waals surface area (Å²) in [6, 6.07) is 0. The summed E-state index contributed by atoms with van der Waals surface area (Å²) >= 11 is 1.50. The van der Waals surface area contributed by atoms with Crippen LogP contribution in [0.15, 0.2) is 35.3 Å². The Kier molecular flexibility index (Phi) is 14.0. The molecule has 0 aliphatic heterocycles. The summed E-state index contributed by atoms with van der Waals surface area (Å²) in [6.07, 6.45) is 2.85. The number of ether oxygens (including phenoxy) is 2. The summed E-state index contributed by atoms with van der Waals surface area (Å²) in [4.78, 5) is 32.1. The van der Waals surface area contributed by atoms with Gasteiger partial charge in [-0.2, -0.15) is 0 Å². The Morgan fingerprint density at radius 3 is 2.12 bits per heavy atom. The predicted octanol–water partition coefficient (Wildman–Crippen LogP) is 1.54. The number of allylic oxidation sites excluding steroid dienone is 1. The minimum Gasteiger partial charge on any atom is -0.478 e. The van der Waals surface area contributed by atoms with Crippen molar-refractivity contribution in [1.82, 2.24) is 0 Å². The fourth-order valence-electron chi connectivity index (χ4n) is 1.01. The lowest BCUT2D eigenvalue weighted by Gasteiger charge is -2.17. The molecule has 0 bridgehead atoms. The molecule has 0 fully saturated rings. The van der Waals surface area contributed by atoms with Crippen LogP contribution in [0.5, 0.6) is 0 Å². The van der Waals surface area contributed by atoms with Gasteiger partial charge < -0.3 is 18.7 Å². The van der Waals surface area contributed by atoms with Crippen LogP contribution in [0.2, 0.25) is 13.1 Å². The van der Waals surface area contributed by atoms with Crippen molar-refractivity contribution in [1.29, 1.82) is 0 Å². The van der Waals surface area contributed by atoms with Gasteiger partial charge in [-0.15, -0.1) is 11.2 Å². The van der Waals surface area contributed by atoms with Gasteiger partial charge in [0.2, 0.25) is 7.47 Å². The lowest BCUT2D eigenvalue weighted by molar-refractivity contribution is -0.136. The molecule has 0 unspecified atom stereocenters. The Labute approximate surface area is 156 Å². The topological polar surface area (TPSA) is 99.1 Å². The average molecular weight is 407 g/mol. The number of rotatable bonds is 8. The molecule has 0 aromatic rings. The highest BCUT2D eigenvalue weighted by atomic mass is 32.4. The first kappa shape index (κ1) is 25.6. The molecular formula is C15H26O7SSi2. The van der Waals surface area contributed by atoms with E-state index in [1.54, 1.807) is 5.41 Å². The van der Waals surface area contributed by atoms with E-state index in [1.807, 2.05) is 13.1 Å². The average Bonchev–Trinajstić information content (AvgIpc) is 2.60. The summed E-state index contributed by atoms with van der Waals surface area (Å²) in [5.41, 5.74) is 0.642. The van der Waals surface area contributed by atoms with Crippen molar-refractivity contribution in [3.63, 3.8) is 0 Å². The summed E-state index contributed by atoms with van der Waals surface area (Å²) < 4.78 is 14.3. The van der Waals surface area contributed by atoms with Crippen LogP contribution in [-0.4, -0.2) is 55.2 Å². The number of carbonyl (C=O) groups is 3. The number of hydrogen-bond acceptors (Lipinski definition) is 7. The van der Waals surface area contributed by atoms with Crippen LogP contribution in [0, 0.1) is 0 Å². The number of carbonyl (C=O) groups excluding carboxylic acids is 2. The first-order valence-electron chi connectivity index (χ1n) is 7.15. The summed E-state index contributed by atoms with van der Waals surface area (Å²) in [6.45, 7) is 8.72. The van der Waals surface area contributed by atoms with Gasteiger partial charge in [-0.3, -0.25) is 0 Å². The van der Waals surface area contributed by atoms with Crippen LogP contribution < -0.4 is 0 Å². The molecule has 0 heterocycles. The smallest absolute Gasteiger partial charge is 0.334 e. The van der Waals surface area contributed by atoms with E-state index in [9.17, 15) is 14.4 Å². The van der Waals surface area contributed by atoms with Crippen molar-refractivity contribution >= 4 is 47.1 Å². The quantitative estimate of drug-likeness (QED) is 0.368. The van der Waals surface area contributed by atoms with Crippen molar-refractivity contribution in [2.45, 2.75) is 26.4 Å². The summed E-state index contributed by atoms with van der Waals surface area (Å²) in [7, 11) is 1.45. The summed E-state index contributed by atoms with van der Waals surface area (Å²) in [5, 5.41) is 10.5. The second kappa shape index (κ2) is 13.6. The van der Waals surface area contributed by atoms with E-state index in [2.05, 4.69) is 11.3 Å². The number of methoxy groups -OCH3 is 2.